The van der Waals surface area contributed by atoms with Crippen LogP contribution in [0, 0.1) is 17.8 Å². The number of likely N-dealkylation sites (tertiary alicyclic amines) is 1. The average Bonchev–Trinajstić information content (AvgIpc) is 3.14. The van der Waals surface area contributed by atoms with Crippen molar-refractivity contribution in [2.75, 3.05) is 11.9 Å². The summed E-state index contributed by atoms with van der Waals surface area (Å²) in [5, 5.41) is 2.04. The number of quaternary nitrogens is 1. The van der Waals surface area contributed by atoms with Crippen LogP contribution in [-0.4, -0.2) is 41.8 Å². The third kappa shape index (κ3) is 2.19. The molecule has 3 heterocycles. The summed E-state index contributed by atoms with van der Waals surface area (Å²) in [5.74, 6) is -1.08. The summed E-state index contributed by atoms with van der Waals surface area (Å²) in [6, 6.07) is 7.41. The summed E-state index contributed by atoms with van der Waals surface area (Å²) in [4.78, 5) is 43.2. The van der Waals surface area contributed by atoms with Crippen LogP contribution in [0.15, 0.2) is 24.3 Å². The topological polar surface area (TPSA) is 74.3 Å². The quantitative estimate of drug-likeness (QED) is 0.802. The molecule has 1 aromatic rings. The van der Waals surface area contributed by atoms with Gasteiger partial charge in [-0.05, 0) is 25.8 Å². The standard InChI is InChI=1S/C21H27N3O3/c1-11(2)10-14-16-17(19(26)24(12(3)4)18(16)25)21(22-14)13-8-6-7-9-15(13)23(5)20(21)27/h6-9,11-12,14,16-17,22H,10H2,1-5H3/p+1/t14-,16-,17-,21-/m0/s1. The molecule has 144 valence electrons. The lowest BCUT2D eigenvalue weighted by Crippen LogP contribution is -2.99. The molecular formula is C21H28N3O3+. The molecule has 1 aromatic carbocycles. The predicted octanol–water partition coefficient (Wildman–Crippen LogP) is 0.860. The van der Waals surface area contributed by atoms with E-state index in [1.54, 1.807) is 11.9 Å². The molecule has 3 aliphatic heterocycles. The van der Waals surface area contributed by atoms with E-state index in [0.29, 0.717) is 5.92 Å². The van der Waals surface area contributed by atoms with Crippen molar-refractivity contribution >= 4 is 23.4 Å². The second kappa shape index (κ2) is 5.89. The highest BCUT2D eigenvalue weighted by Crippen LogP contribution is 2.51. The first kappa shape index (κ1) is 18.2. The van der Waals surface area contributed by atoms with Crippen molar-refractivity contribution < 1.29 is 19.7 Å². The zero-order valence-corrected chi connectivity index (χ0v) is 16.6. The van der Waals surface area contributed by atoms with Gasteiger partial charge in [-0.25, -0.2) is 0 Å². The Morgan fingerprint density at radius 3 is 2.37 bits per heavy atom. The maximum atomic E-state index is 13.5. The lowest BCUT2D eigenvalue weighted by atomic mass is 9.76. The molecule has 0 unspecified atom stereocenters. The van der Waals surface area contributed by atoms with Crippen molar-refractivity contribution in [2.45, 2.75) is 51.7 Å². The number of amides is 3. The Hall–Kier alpha value is -2.21. The summed E-state index contributed by atoms with van der Waals surface area (Å²) < 4.78 is 0. The normalized spacial score (nSPS) is 32.4. The minimum Gasteiger partial charge on any atom is -0.326 e. The molecular weight excluding hydrogens is 342 g/mol. The Morgan fingerprint density at radius 1 is 1.07 bits per heavy atom. The van der Waals surface area contributed by atoms with Crippen LogP contribution < -0.4 is 10.2 Å². The van der Waals surface area contributed by atoms with Crippen molar-refractivity contribution in [2.24, 2.45) is 17.8 Å². The summed E-state index contributed by atoms with van der Waals surface area (Å²) in [5.41, 5.74) is 0.683. The zero-order chi connectivity index (χ0) is 19.7. The molecule has 6 nitrogen and oxygen atoms in total. The van der Waals surface area contributed by atoms with Gasteiger partial charge in [-0.2, -0.15) is 0 Å². The Labute approximate surface area is 159 Å². The minimum absolute atomic E-state index is 0.0706. The van der Waals surface area contributed by atoms with Crippen LogP contribution >= 0.6 is 0 Å². The van der Waals surface area contributed by atoms with Crippen LogP contribution in [-0.2, 0) is 19.9 Å². The number of likely N-dealkylation sites (N-methyl/N-ethyl adjacent to an activating group) is 1. The molecule has 3 aliphatic rings. The molecule has 27 heavy (non-hydrogen) atoms. The fraction of sp³-hybridized carbons (Fsp3) is 0.571. The van der Waals surface area contributed by atoms with Gasteiger partial charge >= 0.3 is 0 Å². The molecule has 2 saturated heterocycles. The summed E-state index contributed by atoms with van der Waals surface area (Å²) in [6.07, 6.45) is 0.799. The highest BCUT2D eigenvalue weighted by atomic mass is 16.2. The first-order valence-electron chi connectivity index (χ1n) is 9.82. The maximum absolute atomic E-state index is 13.5. The largest absolute Gasteiger partial charge is 0.326 e. The molecule has 0 radical (unpaired) electrons. The number of benzene rings is 1. The molecule has 0 saturated carbocycles. The summed E-state index contributed by atoms with van der Waals surface area (Å²) in [6.45, 7) is 7.96. The van der Waals surface area contributed by atoms with Crippen LogP contribution in [0.25, 0.3) is 0 Å². The molecule has 0 aliphatic carbocycles. The van der Waals surface area contributed by atoms with Crippen molar-refractivity contribution in [3.05, 3.63) is 29.8 Å². The highest BCUT2D eigenvalue weighted by Gasteiger charge is 2.75. The van der Waals surface area contributed by atoms with Gasteiger partial charge in [0, 0.05) is 25.1 Å². The van der Waals surface area contributed by atoms with E-state index < -0.39 is 17.4 Å². The van der Waals surface area contributed by atoms with Gasteiger partial charge in [0.05, 0.1) is 5.69 Å². The highest BCUT2D eigenvalue weighted by molar-refractivity contribution is 6.14. The Morgan fingerprint density at radius 2 is 1.74 bits per heavy atom. The predicted molar refractivity (Wildman–Crippen MR) is 101 cm³/mol. The summed E-state index contributed by atoms with van der Waals surface area (Å²) >= 11 is 0. The van der Waals surface area contributed by atoms with Crippen molar-refractivity contribution in [3.8, 4) is 0 Å². The molecule has 4 atom stereocenters. The van der Waals surface area contributed by atoms with E-state index in [4.69, 9.17) is 0 Å². The number of para-hydroxylation sites is 1. The number of anilines is 1. The van der Waals surface area contributed by atoms with Crippen LogP contribution in [0.2, 0.25) is 0 Å². The molecule has 4 rings (SSSR count). The third-order valence-electron chi connectivity index (χ3n) is 6.44. The van der Waals surface area contributed by atoms with Crippen LogP contribution in [0.1, 0.15) is 39.7 Å². The van der Waals surface area contributed by atoms with Gasteiger partial charge in [-0.3, -0.25) is 19.3 Å². The van der Waals surface area contributed by atoms with Gasteiger partial charge in [-0.1, -0.05) is 32.0 Å². The van der Waals surface area contributed by atoms with E-state index in [2.05, 4.69) is 13.8 Å². The molecule has 3 amide bonds. The van der Waals surface area contributed by atoms with Gasteiger partial charge < -0.3 is 10.2 Å². The van der Waals surface area contributed by atoms with Gasteiger partial charge in [0.1, 0.15) is 17.9 Å². The number of hydrogen-bond donors (Lipinski definition) is 1. The van der Waals surface area contributed by atoms with Crippen LogP contribution in [0.5, 0.6) is 0 Å². The smallest absolute Gasteiger partial charge is 0.293 e. The maximum Gasteiger partial charge on any atom is 0.293 e. The molecule has 2 N–H and O–H groups in total. The first-order valence-corrected chi connectivity index (χ1v) is 9.82. The molecule has 1 spiro atoms. The van der Waals surface area contributed by atoms with Crippen LogP contribution in [0.4, 0.5) is 5.69 Å². The SMILES string of the molecule is CC(C)C[C@@H]1[NH2+][C@]2(C(=O)N(C)c3ccccc32)[C@@H]2C(=O)N(C(C)C)C(=O)[C@@H]12. The number of nitrogens with zero attached hydrogens (tertiary/aromatic N) is 2. The fourth-order valence-electron chi connectivity index (χ4n) is 5.52. The van der Waals surface area contributed by atoms with Crippen molar-refractivity contribution in [1.29, 1.82) is 0 Å². The van der Waals surface area contributed by atoms with E-state index in [9.17, 15) is 14.4 Å². The third-order valence-corrected chi connectivity index (χ3v) is 6.44. The van der Waals surface area contributed by atoms with Crippen LogP contribution in [0.3, 0.4) is 0 Å². The first-order chi connectivity index (χ1) is 12.7. The van der Waals surface area contributed by atoms with Gasteiger partial charge in [0.15, 0.2) is 0 Å². The Balaban J connectivity index is 1.91. The van der Waals surface area contributed by atoms with Gasteiger partial charge in [-0.15, -0.1) is 0 Å². The fourth-order valence-corrected chi connectivity index (χ4v) is 5.52. The van der Waals surface area contributed by atoms with E-state index in [-0.39, 0.29) is 29.8 Å². The Kier molecular flexibility index (Phi) is 3.97. The average molecular weight is 370 g/mol. The number of carbonyl (C=O) groups is 3. The number of nitrogens with two attached hydrogens (primary N) is 1. The second-order valence-electron chi connectivity index (χ2n) is 8.85. The second-order valence-corrected chi connectivity index (χ2v) is 8.85. The lowest BCUT2D eigenvalue weighted by Gasteiger charge is -2.28. The molecule has 0 aromatic heterocycles. The number of imide groups is 1. The van der Waals surface area contributed by atoms with E-state index >= 15 is 0 Å². The van der Waals surface area contributed by atoms with E-state index in [1.807, 2.05) is 43.4 Å². The molecule has 2 fully saturated rings. The van der Waals surface area contributed by atoms with Crippen molar-refractivity contribution in [1.82, 2.24) is 4.90 Å². The van der Waals surface area contributed by atoms with Gasteiger partial charge in [0.25, 0.3) is 5.91 Å². The number of hydrogen-bond acceptors (Lipinski definition) is 3. The number of rotatable bonds is 3. The monoisotopic (exact) mass is 370 g/mol. The van der Waals surface area contributed by atoms with E-state index in [0.717, 1.165) is 17.7 Å². The summed E-state index contributed by atoms with van der Waals surface area (Å²) in [7, 11) is 1.76. The lowest BCUT2D eigenvalue weighted by molar-refractivity contribution is -0.734. The number of fused-ring (bicyclic) bond motifs is 4. The number of carbonyl (C=O) groups excluding carboxylic acids is 3. The minimum atomic E-state index is -1.02. The zero-order valence-electron chi connectivity index (χ0n) is 16.6. The molecule has 0 bridgehead atoms. The molecule has 6 heteroatoms. The van der Waals surface area contributed by atoms with Crippen molar-refractivity contribution in [3.63, 3.8) is 0 Å². The van der Waals surface area contributed by atoms with E-state index in [1.165, 1.54) is 4.90 Å². The van der Waals surface area contributed by atoms with Gasteiger partial charge in [0.2, 0.25) is 17.4 Å². The Bertz CT molecular complexity index is 834.